The summed E-state index contributed by atoms with van der Waals surface area (Å²) in [5.74, 6) is -0.146. The third kappa shape index (κ3) is 4.08. The molecular weight excluding hydrogens is 362 g/mol. The fourth-order valence-corrected chi connectivity index (χ4v) is 2.22. The van der Waals surface area contributed by atoms with Gasteiger partial charge in [-0.25, -0.2) is 4.39 Å². The molecule has 0 aliphatic heterocycles. The normalized spacial score (nSPS) is 11.6. The number of halogens is 5. The van der Waals surface area contributed by atoms with Crippen molar-refractivity contribution in [3.8, 4) is 11.4 Å². The second kappa shape index (κ2) is 6.72. The molecule has 25 heavy (non-hydrogen) atoms. The topological polar surface area (TPSA) is 51.0 Å². The van der Waals surface area contributed by atoms with E-state index in [1.54, 1.807) is 0 Å². The highest BCUT2D eigenvalue weighted by Crippen LogP contribution is 2.30. The third-order valence-electron chi connectivity index (χ3n) is 3.30. The number of alkyl halides is 3. The van der Waals surface area contributed by atoms with E-state index in [2.05, 4.69) is 15.5 Å². The van der Waals surface area contributed by atoms with E-state index in [-0.39, 0.29) is 23.3 Å². The van der Waals surface area contributed by atoms with Crippen LogP contribution >= 0.6 is 11.6 Å². The third-order valence-corrected chi connectivity index (χ3v) is 3.59. The molecule has 0 spiro atoms. The SMILES string of the molecule is Fc1ccc(NCc2nc(-c3ccc(C(F)(F)F)cc3)no2)cc1Cl. The minimum Gasteiger partial charge on any atom is -0.376 e. The summed E-state index contributed by atoms with van der Waals surface area (Å²) in [6, 6.07) is 8.55. The molecule has 0 aliphatic rings. The van der Waals surface area contributed by atoms with Crippen molar-refractivity contribution in [1.29, 1.82) is 0 Å². The number of nitrogens with zero attached hydrogens (tertiary/aromatic N) is 2. The maximum absolute atomic E-state index is 13.1. The highest BCUT2D eigenvalue weighted by molar-refractivity contribution is 6.31. The van der Waals surface area contributed by atoms with E-state index in [9.17, 15) is 17.6 Å². The van der Waals surface area contributed by atoms with Crippen molar-refractivity contribution in [1.82, 2.24) is 10.1 Å². The summed E-state index contributed by atoms with van der Waals surface area (Å²) in [5.41, 5.74) is 0.198. The van der Waals surface area contributed by atoms with Crippen LogP contribution in [0.25, 0.3) is 11.4 Å². The van der Waals surface area contributed by atoms with Crippen LogP contribution in [0.3, 0.4) is 0 Å². The zero-order valence-electron chi connectivity index (χ0n) is 12.4. The molecule has 3 aromatic rings. The molecule has 0 aliphatic carbocycles. The van der Waals surface area contributed by atoms with Crippen LogP contribution in [0.4, 0.5) is 23.2 Å². The molecule has 130 valence electrons. The predicted molar refractivity (Wildman–Crippen MR) is 83.5 cm³/mol. The van der Waals surface area contributed by atoms with E-state index in [0.717, 1.165) is 12.1 Å². The van der Waals surface area contributed by atoms with Crippen molar-refractivity contribution in [2.45, 2.75) is 12.7 Å². The Morgan fingerprint density at radius 1 is 1.08 bits per heavy atom. The van der Waals surface area contributed by atoms with Gasteiger partial charge in [-0.2, -0.15) is 18.2 Å². The van der Waals surface area contributed by atoms with E-state index in [1.165, 1.54) is 30.3 Å². The number of aromatic nitrogens is 2. The van der Waals surface area contributed by atoms with Crippen LogP contribution in [0.2, 0.25) is 5.02 Å². The molecular formula is C16H10ClF4N3O. The summed E-state index contributed by atoms with van der Waals surface area (Å²) in [6.07, 6.45) is -4.40. The molecule has 0 fully saturated rings. The zero-order valence-corrected chi connectivity index (χ0v) is 13.2. The van der Waals surface area contributed by atoms with Crippen molar-refractivity contribution in [3.05, 3.63) is 64.8 Å². The molecule has 0 atom stereocenters. The van der Waals surface area contributed by atoms with Gasteiger partial charge in [0.25, 0.3) is 0 Å². The lowest BCUT2D eigenvalue weighted by atomic mass is 10.1. The van der Waals surface area contributed by atoms with Crippen LogP contribution in [0.5, 0.6) is 0 Å². The molecule has 0 unspecified atom stereocenters. The first-order chi connectivity index (χ1) is 11.8. The van der Waals surface area contributed by atoms with Crippen LogP contribution in [0.15, 0.2) is 47.0 Å². The number of anilines is 1. The molecule has 1 heterocycles. The summed E-state index contributed by atoms with van der Waals surface area (Å²) in [5, 5.41) is 6.63. The molecule has 4 nitrogen and oxygen atoms in total. The average Bonchev–Trinajstić information content (AvgIpc) is 3.04. The number of nitrogens with one attached hydrogen (secondary N) is 1. The van der Waals surface area contributed by atoms with Crippen molar-refractivity contribution < 1.29 is 22.1 Å². The van der Waals surface area contributed by atoms with E-state index in [4.69, 9.17) is 16.1 Å². The lowest BCUT2D eigenvalue weighted by Crippen LogP contribution is -2.04. The zero-order chi connectivity index (χ0) is 18.0. The van der Waals surface area contributed by atoms with E-state index in [0.29, 0.717) is 11.3 Å². The number of rotatable bonds is 4. The van der Waals surface area contributed by atoms with E-state index >= 15 is 0 Å². The van der Waals surface area contributed by atoms with Crippen LogP contribution in [-0.2, 0) is 12.7 Å². The van der Waals surface area contributed by atoms with Crippen molar-refractivity contribution >= 4 is 17.3 Å². The van der Waals surface area contributed by atoms with Crippen LogP contribution in [-0.4, -0.2) is 10.1 Å². The average molecular weight is 372 g/mol. The summed E-state index contributed by atoms with van der Waals surface area (Å²) in [4.78, 5) is 4.10. The first-order valence-electron chi connectivity index (χ1n) is 7.02. The Kier molecular flexibility index (Phi) is 4.63. The smallest absolute Gasteiger partial charge is 0.376 e. The maximum Gasteiger partial charge on any atom is 0.416 e. The Balaban J connectivity index is 1.68. The molecule has 0 bridgehead atoms. The Morgan fingerprint density at radius 3 is 2.44 bits per heavy atom. The highest BCUT2D eigenvalue weighted by atomic mass is 35.5. The van der Waals surface area contributed by atoms with Gasteiger partial charge in [0.05, 0.1) is 17.1 Å². The minimum atomic E-state index is -4.40. The van der Waals surface area contributed by atoms with Gasteiger partial charge in [0.1, 0.15) is 5.82 Å². The lowest BCUT2D eigenvalue weighted by molar-refractivity contribution is -0.137. The standard InChI is InChI=1S/C16H10ClF4N3O/c17-12-7-11(5-6-13(12)18)22-8-14-23-15(24-25-14)9-1-3-10(4-2-9)16(19,20)21/h1-7,22H,8H2. The monoisotopic (exact) mass is 371 g/mol. The highest BCUT2D eigenvalue weighted by Gasteiger charge is 2.30. The number of hydrogen-bond donors (Lipinski definition) is 1. The summed E-state index contributed by atoms with van der Waals surface area (Å²) in [6.45, 7) is 0.148. The van der Waals surface area contributed by atoms with E-state index < -0.39 is 17.6 Å². The van der Waals surface area contributed by atoms with Gasteiger partial charge in [-0.1, -0.05) is 28.9 Å². The maximum atomic E-state index is 13.1. The molecule has 3 rings (SSSR count). The quantitative estimate of drug-likeness (QED) is 0.644. The Hall–Kier alpha value is -2.61. The largest absolute Gasteiger partial charge is 0.416 e. The predicted octanol–water partition coefficient (Wildman–Crippen LogP) is 5.16. The molecule has 0 radical (unpaired) electrons. The van der Waals surface area contributed by atoms with Gasteiger partial charge >= 0.3 is 6.18 Å². The van der Waals surface area contributed by atoms with Gasteiger partial charge in [-0.3, -0.25) is 0 Å². The Morgan fingerprint density at radius 2 is 1.80 bits per heavy atom. The Bertz CT molecular complexity index is 878. The lowest BCUT2D eigenvalue weighted by Gasteiger charge is -2.05. The van der Waals surface area contributed by atoms with Crippen LogP contribution < -0.4 is 5.32 Å². The van der Waals surface area contributed by atoms with Gasteiger partial charge in [0, 0.05) is 11.3 Å². The fraction of sp³-hybridized carbons (Fsp3) is 0.125. The van der Waals surface area contributed by atoms with Crippen molar-refractivity contribution in [3.63, 3.8) is 0 Å². The fourth-order valence-electron chi connectivity index (χ4n) is 2.04. The summed E-state index contributed by atoms with van der Waals surface area (Å²) >= 11 is 5.68. The van der Waals surface area contributed by atoms with Gasteiger partial charge in [-0.15, -0.1) is 0 Å². The second-order valence-electron chi connectivity index (χ2n) is 5.07. The molecule has 0 saturated heterocycles. The molecule has 9 heteroatoms. The molecule has 0 saturated carbocycles. The summed E-state index contributed by atoms with van der Waals surface area (Å²) < 4.78 is 55.8. The van der Waals surface area contributed by atoms with Gasteiger partial charge in [-0.05, 0) is 30.3 Å². The van der Waals surface area contributed by atoms with Crippen molar-refractivity contribution in [2.24, 2.45) is 0 Å². The van der Waals surface area contributed by atoms with E-state index in [1.807, 2.05) is 0 Å². The molecule has 0 amide bonds. The number of hydrogen-bond acceptors (Lipinski definition) is 4. The molecule has 1 aromatic heterocycles. The second-order valence-corrected chi connectivity index (χ2v) is 5.48. The van der Waals surface area contributed by atoms with Crippen molar-refractivity contribution in [2.75, 3.05) is 5.32 Å². The van der Waals surface area contributed by atoms with Crippen LogP contribution in [0, 0.1) is 5.82 Å². The first-order valence-corrected chi connectivity index (χ1v) is 7.40. The van der Waals surface area contributed by atoms with Gasteiger partial charge < -0.3 is 9.84 Å². The molecule has 1 N–H and O–H groups in total. The summed E-state index contributed by atoms with van der Waals surface area (Å²) in [7, 11) is 0. The number of benzene rings is 2. The van der Waals surface area contributed by atoms with Crippen LogP contribution in [0.1, 0.15) is 11.5 Å². The molecule has 2 aromatic carbocycles. The first kappa shape index (κ1) is 17.2. The minimum absolute atomic E-state index is 0.0269. The van der Waals surface area contributed by atoms with Gasteiger partial charge in [0.2, 0.25) is 11.7 Å². The Labute approximate surface area is 144 Å². The van der Waals surface area contributed by atoms with Gasteiger partial charge in [0.15, 0.2) is 0 Å².